The summed E-state index contributed by atoms with van der Waals surface area (Å²) in [7, 11) is 0. The number of rotatable bonds is 3. The van der Waals surface area contributed by atoms with E-state index in [-0.39, 0.29) is 5.95 Å². The molecule has 0 aliphatic heterocycles. The van der Waals surface area contributed by atoms with Gasteiger partial charge in [0, 0.05) is 13.0 Å². The maximum absolute atomic E-state index is 10.7. The fourth-order valence-electron chi connectivity index (χ4n) is 0.463. The second-order valence-corrected chi connectivity index (χ2v) is 1.89. The number of hydrogen-bond donors (Lipinski definition) is 0. The molecule has 0 aromatic rings. The van der Waals surface area contributed by atoms with Crippen LogP contribution >= 0.6 is 0 Å². The Balaban J connectivity index is 3.85. The summed E-state index contributed by atoms with van der Waals surface area (Å²) in [6, 6.07) is 0. The number of carbonyl (C=O) groups is 2. The van der Waals surface area contributed by atoms with Crippen LogP contribution in [0, 0.1) is 0 Å². The lowest BCUT2D eigenvalue weighted by Crippen LogP contribution is -2.05. The monoisotopic (exact) mass is 170 g/mol. The topological polar surface area (TPSA) is 52.6 Å². The van der Waals surface area contributed by atoms with Crippen LogP contribution in [0.3, 0.4) is 0 Å². The number of ether oxygens (including phenoxy) is 2. The molecule has 0 rings (SSSR count). The third-order valence-corrected chi connectivity index (χ3v) is 0.775. The Morgan fingerprint density at radius 2 is 1.92 bits per heavy atom. The predicted molar refractivity (Wildman–Crippen MR) is 41.8 cm³/mol. The standard InChI is InChI=1S/C8H10O4/c1-4-5-8(10)12-7(3)11-6(2)9/h4-5H,3H2,1-2H3/b5-4+. The van der Waals surface area contributed by atoms with Crippen molar-refractivity contribution in [1.29, 1.82) is 0 Å². The van der Waals surface area contributed by atoms with Crippen LogP contribution in [0.4, 0.5) is 0 Å². The molecule has 0 fully saturated rings. The summed E-state index contributed by atoms with van der Waals surface area (Å²) >= 11 is 0. The molecule has 0 spiro atoms. The van der Waals surface area contributed by atoms with Crippen LogP contribution in [0.5, 0.6) is 0 Å². The molecule has 0 bridgehead atoms. The molecule has 0 saturated carbocycles. The van der Waals surface area contributed by atoms with E-state index in [0.29, 0.717) is 0 Å². The number of hydrogen-bond acceptors (Lipinski definition) is 4. The van der Waals surface area contributed by atoms with Crippen molar-refractivity contribution in [2.24, 2.45) is 0 Å². The summed E-state index contributed by atoms with van der Waals surface area (Å²) in [6.45, 7) is 6.05. The van der Waals surface area contributed by atoms with Gasteiger partial charge in [-0.2, -0.15) is 0 Å². The number of carbonyl (C=O) groups excluding carboxylic acids is 2. The zero-order valence-electron chi connectivity index (χ0n) is 6.99. The normalized spacial score (nSPS) is 9.50. The zero-order valence-corrected chi connectivity index (χ0v) is 6.99. The minimum Gasteiger partial charge on any atom is -0.393 e. The van der Waals surface area contributed by atoms with E-state index in [0.717, 1.165) is 0 Å². The third-order valence-electron chi connectivity index (χ3n) is 0.775. The number of allylic oxidation sites excluding steroid dienone is 1. The first-order chi connectivity index (χ1) is 5.56. The Bertz CT molecular complexity index is 227. The van der Waals surface area contributed by atoms with Gasteiger partial charge in [0.2, 0.25) is 0 Å². The van der Waals surface area contributed by atoms with Gasteiger partial charge in [0.15, 0.2) is 0 Å². The Labute approximate surface area is 70.5 Å². The van der Waals surface area contributed by atoms with Crippen molar-refractivity contribution in [1.82, 2.24) is 0 Å². The molecular formula is C8H10O4. The van der Waals surface area contributed by atoms with E-state index < -0.39 is 11.9 Å². The van der Waals surface area contributed by atoms with E-state index in [1.165, 1.54) is 19.1 Å². The average Bonchev–Trinajstić information content (AvgIpc) is 1.84. The maximum Gasteiger partial charge on any atom is 0.338 e. The molecule has 0 unspecified atom stereocenters. The van der Waals surface area contributed by atoms with Crippen LogP contribution in [0.25, 0.3) is 0 Å². The fraction of sp³-hybridized carbons (Fsp3) is 0.250. The third kappa shape index (κ3) is 5.22. The van der Waals surface area contributed by atoms with Crippen LogP contribution in [0.2, 0.25) is 0 Å². The van der Waals surface area contributed by atoms with E-state index in [4.69, 9.17) is 0 Å². The van der Waals surface area contributed by atoms with Crippen LogP contribution in [-0.4, -0.2) is 11.9 Å². The highest BCUT2D eigenvalue weighted by Crippen LogP contribution is 1.97. The minimum absolute atomic E-state index is 0.314. The van der Waals surface area contributed by atoms with Crippen molar-refractivity contribution in [3.8, 4) is 0 Å². The minimum atomic E-state index is -0.622. The maximum atomic E-state index is 10.7. The van der Waals surface area contributed by atoms with Crippen LogP contribution in [-0.2, 0) is 19.1 Å². The van der Waals surface area contributed by atoms with Crippen LogP contribution in [0.1, 0.15) is 13.8 Å². The van der Waals surface area contributed by atoms with Gasteiger partial charge in [-0.1, -0.05) is 6.08 Å². The Kier molecular flexibility index (Phi) is 4.45. The van der Waals surface area contributed by atoms with E-state index in [1.54, 1.807) is 6.92 Å². The second kappa shape index (κ2) is 5.12. The van der Waals surface area contributed by atoms with Gasteiger partial charge in [-0.05, 0) is 13.5 Å². The highest BCUT2D eigenvalue weighted by Gasteiger charge is 2.03. The first-order valence-electron chi connectivity index (χ1n) is 3.28. The molecule has 0 aliphatic carbocycles. The lowest BCUT2D eigenvalue weighted by molar-refractivity contribution is -0.149. The van der Waals surface area contributed by atoms with Gasteiger partial charge in [0.1, 0.15) is 0 Å². The molecule has 0 N–H and O–H groups in total. The van der Waals surface area contributed by atoms with Crippen molar-refractivity contribution >= 4 is 11.9 Å². The van der Waals surface area contributed by atoms with Crippen LogP contribution in [0.15, 0.2) is 24.7 Å². The molecule has 12 heavy (non-hydrogen) atoms. The summed E-state index contributed by atoms with van der Waals surface area (Å²) < 4.78 is 8.80. The molecule has 4 heteroatoms. The van der Waals surface area contributed by atoms with E-state index in [9.17, 15) is 9.59 Å². The molecule has 0 aromatic heterocycles. The van der Waals surface area contributed by atoms with Crippen molar-refractivity contribution in [2.75, 3.05) is 0 Å². The smallest absolute Gasteiger partial charge is 0.338 e. The van der Waals surface area contributed by atoms with Gasteiger partial charge >= 0.3 is 11.9 Å². The molecule has 0 aromatic carbocycles. The molecule has 0 amide bonds. The summed E-state index contributed by atoms with van der Waals surface area (Å²) in [5.74, 6) is -1.51. The lowest BCUT2D eigenvalue weighted by atomic mass is 10.5. The Hall–Kier alpha value is -1.58. The van der Waals surface area contributed by atoms with Crippen molar-refractivity contribution in [3.63, 3.8) is 0 Å². The fourth-order valence-corrected chi connectivity index (χ4v) is 0.463. The predicted octanol–water partition coefficient (Wildman–Crippen LogP) is 1.14. The van der Waals surface area contributed by atoms with E-state index in [1.807, 2.05) is 0 Å². The second-order valence-electron chi connectivity index (χ2n) is 1.89. The molecule has 4 nitrogen and oxygen atoms in total. The largest absolute Gasteiger partial charge is 0.393 e. The van der Waals surface area contributed by atoms with Crippen molar-refractivity contribution in [2.45, 2.75) is 13.8 Å². The summed E-state index contributed by atoms with van der Waals surface area (Å²) in [4.78, 5) is 21.0. The average molecular weight is 170 g/mol. The SMILES string of the molecule is C=C(OC(C)=O)OC(=O)/C=C/C. The van der Waals surface area contributed by atoms with Gasteiger partial charge < -0.3 is 9.47 Å². The number of esters is 2. The highest BCUT2D eigenvalue weighted by molar-refractivity contribution is 5.82. The molecule has 0 aliphatic rings. The molecule has 0 heterocycles. The first-order valence-corrected chi connectivity index (χ1v) is 3.28. The Morgan fingerprint density at radius 1 is 1.33 bits per heavy atom. The van der Waals surface area contributed by atoms with Crippen molar-refractivity contribution in [3.05, 3.63) is 24.7 Å². The van der Waals surface area contributed by atoms with E-state index >= 15 is 0 Å². The van der Waals surface area contributed by atoms with Gasteiger partial charge in [0.05, 0.1) is 0 Å². The zero-order chi connectivity index (χ0) is 9.56. The molecule has 0 saturated heterocycles. The molecule has 0 atom stereocenters. The quantitative estimate of drug-likeness (QED) is 0.362. The summed E-state index contributed by atoms with van der Waals surface area (Å²) in [5.41, 5.74) is 0. The first kappa shape index (κ1) is 10.4. The van der Waals surface area contributed by atoms with Gasteiger partial charge in [-0.3, -0.25) is 4.79 Å². The molecule has 66 valence electrons. The highest BCUT2D eigenvalue weighted by atomic mass is 16.7. The summed E-state index contributed by atoms with van der Waals surface area (Å²) in [6.07, 6.45) is 2.69. The summed E-state index contributed by atoms with van der Waals surface area (Å²) in [5, 5.41) is 0. The van der Waals surface area contributed by atoms with Gasteiger partial charge in [-0.15, -0.1) is 0 Å². The van der Waals surface area contributed by atoms with Gasteiger partial charge in [-0.25, -0.2) is 4.79 Å². The Morgan fingerprint density at radius 3 is 2.33 bits per heavy atom. The molecular weight excluding hydrogens is 160 g/mol. The van der Waals surface area contributed by atoms with Crippen molar-refractivity contribution < 1.29 is 19.1 Å². The van der Waals surface area contributed by atoms with Crippen LogP contribution < -0.4 is 0 Å². The molecule has 0 radical (unpaired) electrons. The lowest BCUT2D eigenvalue weighted by Gasteiger charge is -2.02. The van der Waals surface area contributed by atoms with Gasteiger partial charge in [0.25, 0.3) is 5.95 Å². The van der Waals surface area contributed by atoms with E-state index in [2.05, 4.69) is 16.1 Å².